The molecule has 0 aliphatic heterocycles. The Balaban J connectivity index is 1.76. The number of nitrogens with one attached hydrogen (secondary N) is 2. The van der Waals surface area contributed by atoms with Crippen LogP contribution in [-0.4, -0.2) is 36.3 Å². The normalized spacial score (nSPS) is 15.1. The Hall–Kier alpha value is -2.89. The quantitative estimate of drug-likeness (QED) is 0.554. The molecule has 1 aliphatic rings. The van der Waals surface area contributed by atoms with E-state index >= 15 is 0 Å². The van der Waals surface area contributed by atoms with Crippen molar-refractivity contribution in [2.45, 2.75) is 51.4 Å². The summed E-state index contributed by atoms with van der Waals surface area (Å²) in [6.45, 7) is 3.67. The van der Waals surface area contributed by atoms with Gasteiger partial charge >= 0.3 is 5.97 Å². The Morgan fingerprint density at radius 1 is 1.14 bits per heavy atom. The van der Waals surface area contributed by atoms with Gasteiger partial charge in [0.25, 0.3) is 0 Å². The molecule has 0 unspecified atom stereocenters. The molecule has 29 heavy (non-hydrogen) atoms. The first-order chi connectivity index (χ1) is 13.9. The molecule has 6 nitrogen and oxygen atoms in total. The highest BCUT2D eigenvalue weighted by Crippen LogP contribution is 2.40. The average molecular weight is 396 g/mol. The molecule has 1 saturated carbocycles. The van der Waals surface area contributed by atoms with Gasteiger partial charge in [0, 0.05) is 24.6 Å². The summed E-state index contributed by atoms with van der Waals surface area (Å²) in [5.74, 6) is -0.924. The van der Waals surface area contributed by atoms with Crippen LogP contribution in [-0.2, 0) is 21.4 Å². The summed E-state index contributed by atoms with van der Waals surface area (Å²) in [5.41, 5.74) is 2.75. The summed E-state index contributed by atoms with van der Waals surface area (Å²) < 4.78 is 4.85. The van der Waals surface area contributed by atoms with Crippen molar-refractivity contribution in [1.82, 2.24) is 10.3 Å². The fourth-order valence-electron chi connectivity index (χ4n) is 4.42. The molecule has 0 atom stereocenters. The molecule has 1 fully saturated rings. The van der Waals surface area contributed by atoms with Gasteiger partial charge in [0.05, 0.1) is 24.8 Å². The van der Waals surface area contributed by atoms with Gasteiger partial charge in [-0.05, 0) is 30.9 Å². The first-order valence-corrected chi connectivity index (χ1v) is 10.0. The molecule has 6 heteroatoms. The predicted molar refractivity (Wildman–Crippen MR) is 110 cm³/mol. The number of H-pyrrole nitrogens is 1. The number of methoxy groups -OCH3 is 1. The molecule has 3 rings (SSSR count). The van der Waals surface area contributed by atoms with Crippen LogP contribution in [0.1, 0.15) is 70.3 Å². The van der Waals surface area contributed by atoms with Gasteiger partial charge in [0.2, 0.25) is 5.91 Å². The lowest BCUT2D eigenvalue weighted by molar-refractivity contribution is -0.120. The van der Waals surface area contributed by atoms with E-state index in [1.54, 1.807) is 6.92 Å². The van der Waals surface area contributed by atoms with Gasteiger partial charge in [-0.15, -0.1) is 0 Å². The molecule has 0 spiro atoms. The van der Waals surface area contributed by atoms with E-state index in [1.807, 2.05) is 18.2 Å². The van der Waals surface area contributed by atoms with E-state index in [0.717, 1.165) is 25.7 Å². The van der Waals surface area contributed by atoms with Crippen LogP contribution in [0.3, 0.4) is 0 Å². The second-order valence-corrected chi connectivity index (χ2v) is 7.83. The van der Waals surface area contributed by atoms with Gasteiger partial charge in [-0.1, -0.05) is 43.2 Å². The number of ketones is 1. The number of aromatic amines is 1. The fraction of sp³-hybridized carbons (Fsp3) is 0.435. The highest BCUT2D eigenvalue weighted by molar-refractivity contribution is 6.01. The maximum Gasteiger partial charge on any atom is 0.339 e. The zero-order chi connectivity index (χ0) is 21.0. The fourth-order valence-corrected chi connectivity index (χ4v) is 4.42. The first kappa shape index (κ1) is 20.8. The molecular weight excluding hydrogens is 368 g/mol. The van der Waals surface area contributed by atoms with Crippen LogP contribution in [0.2, 0.25) is 0 Å². The summed E-state index contributed by atoms with van der Waals surface area (Å²) in [7, 11) is 1.29. The van der Waals surface area contributed by atoms with E-state index in [1.165, 1.54) is 19.6 Å². The van der Waals surface area contributed by atoms with Gasteiger partial charge < -0.3 is 15.0 Å². The lowest BCUT2D eigenvalue weighted by atomic mass is 9.79. The van der Waals surface area contributed by atoms with Gasteiger partial charge in [0.1, 0.15) is 0 Å². The van der Waals surface area contributed by atoms with Crippen LogP contribution >= 0.6 is 0 Å². The lowest BCUT2D eigenvalue weighted by Crippen LogP contribution is -2.39. The van der Waals surface area contributed by atoms with E-state index in [-0.39, 0.29) is 29.1 Å². The number of benzene rings is 1. The number of hydrogen-bond donors (Lipinski definition) is 2. The van der Waals surface area contributed by atoms with Crippen LogP contribution in [0.5, 0.6) is 0 Å². The lowest BCUT2D eigenvalue weighted by Gasteiger charge is -2.30. The van der Waals surface area contributed by atoms with E-state index in [0.29, 0.717) is 23.5 Å². The minimum absolute atomic E-state index is 0.0105. The number of hydrogen-bond acceptors (Lipinski definition) is 4. The second-order valence-electron chi connectivity index (χ2n) is 7.83. The SMILES string of the molecule is COC(=O)c1c(CC(=O)NCC2(c3ccccc3)CCCC2)[nH]c(C(C)=O)c1C. The highest BCUT2D eigenvalue weighted by Gasteiger charge is 2.36. The molecule has 0 radical (unpaired) electrons. The average Bonchev–Trinajstić information content (AvgIpc) is 3.32. The third-order valence-electron chi connectivity index (χ3n) is 5.98. The smallest absolute Gasteiger partial charge is 0.339 e. The molecule has 1 aromatic carbocycles. The molecular formula is C23H28N2O4. The largest absolute Gasteiger partial charge is 0.465 e. The number of esters is 1. The molecule has 154 valence electrons. The van der Waals surface area contributed by atoms with Crippen molar-refractivity contribution in [2.24, 2.45) is 0 Å². The van der Waals surface area contributed by atoms with E-state index in [4.69, 9.17) is 4.74 Å². The summed E-state index contributed by atoms with van der Waals surface area (Å²) in [6, 6.07) is 10.3. The van der Waals surface area contributed by atoms with Crippen molar-refractivity contribution < 1.29 is 19.1 Å². The Morgan fingerprint density at radius 3 is 2.38 bits per heavy atom. The van der Waals surface area contributed by atoms with Gasteiger partial charge in [0.15, 0.2) is 5.78 Å². The zero-order valence-electron chi connectivity index (χ0n) is 17.3. The summed E-state index contributed by atoms with van der Waals surface area (Å²) in [5, 5.41) is 3.06. The Morgan fingerprint density at radius 2 is 1.79 bits per heavy atom. The van der Waals surface area contributed by atoms with Crippen LogP contribution in [0.4, 0.5) is 0 Å². The molecule has 0 bridgehead atoms. The van der Waals surface area contributed by atoms with Crippen molar-refractivity contribution >= 4 is 17.7 Å². The highest BCUT2D eigenvalue weighted by atomic mass is 16.5. The number of carbonyl (C=O) groups excluding carboxylic acids is 3. The number of amides is 1. The monoisotopic (exact) mass is 396 g/mol. The predicted octanol–water partition coefficient (Wildman–Crippen LogP) is 3.48. The molecule has 1 heterocycles. The standard InChI is InChI=1S/C23H28N2O4/c1-15-20(22(28)29-3)18(25-21(15)16(2)26)13-19(27)24-14-23(11-7-8-12-23)17-9-5-4-6-10-17/h4-6,9-10,25H,7-8,11-14H2,1-3H3,(H,24,27). The van der Waals surface area contributed by atoms with Crippen molar-refractivity contribution in [3.8, 4) is 0 Å². The number of rotatable bonds is 7. The Kier molecular flexibility index (Phi) is 6.20. The Labute approximate surface area is 171 Å². The molecule has 2 N–H and O–H groups in total. The third kappa shape index (κ3) is 4.26. The maximum absolute atomic E-state index is 12.7. The second kappa shape index (κ2) is 8.64. The molecule has 1 aliphatic carbocycles. The maximum atomic E-state index is 12.7. The van der Waals surface area contributed by atoms with Crippen LogP contribution in [0, 0.1) is 6.92 Å². The minimum atomic E-state index is -0.550. The number of Topliss-reactive ketones (excluding diaryl/α,β-unsaturated/α-hetero) is 1. The van der Waals surface area contributed by atoms with Crippen LogP contribution < -0.4 is 5.32 Å². The van der Waals surface area contributed by atoms with E-state index < -0.39 is 5.97 Å². The number of carbonyl (C=O) groups is 3. The van der Waals surface area contributed by atoms with Gasteiger partial charge in [-0.25, -0.2) is 4.79 Å². The topological polar surface area (TPSA) is 88.3 Å². The number of aromatic nitrogens is 1. The minimum Gasteiger partial charge on any atom is -0.465 e. The molecule has 1 amide bonds. The van der Waals surface area contributed by atoms with Crippen LogP contribution in [0.25, 0.3) is 0 Å². The molecule has 0 saturated heterocycles. The van der Waals surface area contributed by atoms with Crippen molar-refractivity contribution in [2.75, 3.05) is 13.7 Å². The first-order valence-electron chi connectivity index (χ1n) is 10.0. The van der Waals surface area contributed by atoms with Crippen LogP contribution in [0.15, 0.2) is 30.3 Å². The van der Waals surface area contributed by atoms with Crippen molar-refractivity contribution in [3.63, 3.8) is 0 Å². The van der Waals surface area contributed by atoms with E-state index in [2.05, 4.69) is 22.4 Å². The van der Waals surface area contributed by atoms with Crippen molar-refractivity contribution in [1.29, 1.82) is 0 Å². The summed E-state index contributed by atoms with van der Waals surface area (Å²) in [4.78, 5) is 39.7. The third-order valence-corrected chi connectivity index (χ3v) is 5.98. The zero-order valence-corrected chi connectivity index (χ0v) is 17.3. The van der Waals surface area contributed by atoms with E-state index in [9.17, 15) is 14.4 Å². The number of ether oxygens (including phenoxy) is 1. The van der Waals surface area contributed by atoms with Gasteiger partial charge in [-0.3, -0.25) is 9.59 Å². The Bertz CT molecular complexity index is 908. The summed E-state index contributed by atoms with van der Waals surface area (Å²) in [6.07, 6.45) is 4.37. The van der Waals surface area contributed by atoms with Crippen molar-refractivity contribution in [3.05, 3.63) is 58.4 Å². The molecule has 1 aromatic heterocycles. The van der Waals surface area contributed by atoms with Gasteiger partial charge in [-0.2, -0.15) is 0 Å². The summed E-state index contributed by atoms with van der Waals surface area (Å²) >= 11 is 0. The molecule has 2 aromatic rings.